The van der Waals surface area contributed by atoms with Gasteiger partial charge in [0.1, 0.15) is 0 Å². The van der Waals surface area contributed by atoms with Crippen molar-refractivity contribution in [2.24, 2.45) is 4.99 Å². The summed E-state index contributed by atoms with van der Waals surface area (Å²) in [6.45, 7) is 8.19. The smallest absolute Gasteiger partial charge is 0.191 e. The first kappa shape index (κ1) is 18.6. The Morgan fingerprint density at radius 3 is 2.52 bits per heavy atom. The second-order valence-corrected chi connectivity index (χ2v) is 6.27. The lowest BCUT2D eigenvalue weighted by Crippen LogP contribution is -2.37. The van der Waals surface area contributed by atoms with Gasteiger partial charge in [0.05, 0.1) is 30.2 Å². The van der Waals surface area contributed by atoms with Crippen molar-refractivity contribution >= 4 is 5.96 Å². The molecule has 0 spiro atoms. The first-order valence-electron chi connectivity index (χ1n) is 9.21. The lowest BCUT2D eigenvalue weighted by atomic mass is 10.2. The topological polar surface area (TPSA) is 67.1 Å². The van der Waals surface area contributed by atoms with E-state index in [0.29, 0.717) is 13.1 Å². The lowest BCUT2D eigenvalue weighted by molar-refractivity contribution is 0.798. The van der Waals surface area contributed by atoms with Crippen LogP contribution in [0.4, 0.5) is 0 Å². The van der Waals surface area contributed by atoms with Crippen molar-refractivity contribution in [3.8, 4) is 5.69 Å². The number of nitrogens with one attached hydrogen (secondary N) is 2. The number of hydrogen-bond donors (Lipinski definition) is 2. The Morgan fingerprint density at radius 2 is 1.81 bits per heavy atom. The Kier molecular flexibility index (Phi) is 6.20. The van der Waals surface area contributed by atoms with Gasteiger partial charge in [0, 0.05) is 24.0 Å². The Bertz CT molecular complexity index is 884. The van der Waals surface area contributed by atoms with Crippen molar-refractivity contribution in [2.45, 2.75) is 33.9 Å². The van der Waals surface area contributed by atoms with Gasteiger partial charge in [-0.1, -0.05) is 24.3 Å². The third-order valence-corrected chi connectivity index (χ3v) is 4.34. The van der Waals surface area contributed by atoms with E-state index in [2.05, 4.69) is 41.6 Å². The number of rotatable bonds is 6. The molecule has 0 aliphatic heterocycles. The predicted molar refractivity (Wildman–Crippen MR) is 109 cm³/mol. The van der Waals surface area contributed by atoms with Crippen molar-refractivity contribution in [3.05, 3.63) is 77.4 Å². The number of guanidine groups is 1. The summed E-state index contributed by atoms with van der Waals surface area (Å²) in [4.78, 5) is 9.08. The number of benzene rings is 1. The van der Waals surface area contributed by atoms with E-state index in [9.17, 15) is 0 Å². The SMILES string of the molecule is CCNC(=NCc1c(C)nn(-c2ccccc2)c1C)NCc1ccccn1. The molecular formula is C21H26N6. The molecule has 0 aliphatic rings. The van der Waals surface area contributed by atoms with Crippen LogP contribution in [0.2, 0.25) is 0 Å². The summed E-state index contributed by atoms with van der Waals surface area (Å²) in [5, 5.41) is 11.3. The molecule has 0 bridgehead atoms. The zero-order chi connectivity index (χ0) is 19.1. The molecule has 0 saturated heterocycles. The maximum Gasteiger partial charge on any atom is 0.191 e. The molecule has 0 atom stereocenters. The first-order chi connectivity index (χ1) is 13.2. The van der Waals surface area contributed by atoms with Gasteiger partial charge in [0.25, 0.3) is 0 Å². The molecule has 0 radical (unpaired) electrons. The molecule has 2 N–H and O–H groups in total. The van der Waals surface area contributed by atoms with Gasteiger partial charge in [-0.15, -0.1) is 0 Å². The quantitative estimate of drug-likeness (QED) is 0.522. The van der Waals surface area contributed by atoms with Crippen LogP contribution in [0, 0.1) is 13.8 Å². The number of hydrogen-bond acceptors (Lipinski definition) is 3. The standard InChI is InChI=1S/C21H26N6/c1-4-22-21(24-14-18-10-8-9-13-23-18)25-15-20-16(2)26-27(17(20)3)19-11-6-5-7-12-19/h5-13H,4,14-15H2,1-3H3,(H2,22,24,25). The maximum absolute atomic E-state index is 4.74. The van der Waals surface area contributed by atoms with E-state index in [1.54, 1.807) is 6.20 Å². The van der Waals surface area contributed by atoms with Crippen LogP contribution >= 0.6 is 0 Å². The van der Waals surface area contributed by atoms with E-state index in [1.165, 1.54) is 0 Å². The van der Waals surface area contributed by atoms with E-state index in [4.69, 9.17) is 10.1 Å². The van der Waals surface area contributed by atoms with Crippen molar-refractivity contribution in [2.75, 3.05) is 6.54 Å². The van der Waals surface area contributed by atoms with Gasteiger partial charge in [-0.25, -0.2) is 9.67 Å². The van der Waals surface area contributed by atoms with Crippen LogP contribution in [0.5, 0.6) is 0 Å². The minimum absolute atomic E-state index is 0.571. The number of para-hydroxylation sites is 1. The molecule has 140 valence electrons. The summed E-state index contributed by atoms with van der Waals surface area (Å²) in [5.41, 5.74) is 5.30. The fourth-order valence-corrected chi connectivity index (χ4v) is 2.90. The molecule has 2 aromatic heterocycles. The van der Waals surface area contributed by atoms with E-state index in [1.807, 2.05) is 48.0 Å². The molecule has 0 saturated carbocycles. The van der Waals surface area contributed by atoms with Crippen LogP contribution in [0.1, 0.15) is 29.6 Å². The van der Waals surface area contributed by atoms with Crippen LogP contribution in [-0.2, 0) is 13.1 Å². The normalized spacial score (nSPS) is 11.4. The van der Waals surface area contributed by atoms with E-state index < -0.39 is 0 Å². The van der Waals surface area contributed by atoms with Gasteiger partial charge in [-0.05, 0) is 45.0 Å². The van der Waals surface area contributed by atoms with Crippen molar-refractivity contribution in [3.63, 3.8) is 0 Å². The summed E-state index contributed by atoms with van der Waals surface area (Å²) < 4.78 is 1.98. The van der Waals surface area contributed by atoms with Crippen molar-refractivity contribution in [1.29, 1.82) is 0 Å². The number of aromatic nitrogens is 3. The van der Waals surface area contributed by atoms with Crippen molar-refractivity contribution < 1.29 is 0 Å². The molecule has 0 fully saturated rings. The minimum atomic E-state index is 0.571. The van der Waals surface area contributed by atoms with E-state index in [0.717, 1.165) is 40.8 Å². The summed E-state index contributed by atoms with van der Waals surface area (Å²) in [7, 11) is 0. The zero-order valence-corrected chi connectivity index (χ0v) is 16.1. The van der Waals surface area contributed by atoms with Gasteiger partial charge in [-0.2, -0.15) is 5.10 Å². The van der Waals surface area contributed by atoms with E-state index >= 15 is 0 Å². The van der Waals surface area contributed by atoms with E-state index in [-0.39, 0.29) is 0 Å². The number of nitrogens with zero attached hydrogens (tertiary/aromatic N) is 4. The third-order valence-electron chi connectivity index (χ3n) is 4.34. The predicted octanol–water partition coefficient (Wildman–Crippen LogP) is 3.14. The van der Waals surface area contributed by atoms with Crippen LogP contribution in [-0.4, -0.2) is 27.3 Å². The minimum Gasteiger partial charge on any atom is -0.357 e. The zero-order valence-electron chi connectivity index (χ0n) is 16.1. The average Bonchev–Trinajstić information content (AvgIpc) is 2.99. The maximum atomic E-state index is 4.74. The van der Waals surface area contributed by atoms with Crippen LogP contribution in [0.25, 0.3) is 5.69 Å². The average molecular weight is 362 g/mol. The molecule has 2 heterocycles. The summed E-state index contributed by atoms with van der Waals surface area (Å²) >= 11 is 0. The molecule has 0 amide bonds. The highest BCUT2D eigenvalue weighted by Crippen LogP contribution is 2.18. The fourth-order valence-electron chi connectivity index (χ4n) is 2.90. The highest BCUT2D eigenvalue weighted by molar-refractivity contribution is 5.79. The molecular weight excluding hydrogens is 336 g/mol. The molecule has 0 unspecified atom stereocenters. The number of pyridine rings is 1. The molecule has 0 aliphatic carbocycles. The van der Waals surface area contributed by atoms with Gasteiger partial charge >= 0.3 is 0 Å². The second kappa shape index (κ2) is 8.98. The summed E-state index contributed by atoms with van der Waals surface area (Å²) in [5.74, 6) is 0.773. The fraction of sp³-hybridized carbons (Fsp3) is 0.286. The number of aryl methyl sites for hydroxylation is 1. The number of aliphatic imine (C=N–C) groups is 1. The van der Waals surface area contributed by atoms with Gasteiger partial charge < -0.3 is 10.6 Å². The molecule has 27 heavy (non-hydrogen) atoms. The van der Waals surface area contributed by atoms with Crippen LogP contribution in [0.15, 0.2) is 59.7 Å². The molecule has 6 heteroatoms. The molecule has 3 aromatic rings. The summed E-state index contributed by atoms with van der Waals surface area (Å²) in [6, 6.07) is 16.1. The Balaban J connectivity index is 1.75. The molecule has 1 aromatic carbocycles. The van der Waals surface area contributed by atoms with Gasteiger partial charge in [0.15, 0.2) is 5.96 Å². The van der Waals surface area contributed by atoms with Gasteiger partial charge in [-0.3, -0.25) is 4.98 Å². The second-order valence-electron chi connectivity index (χ2n) is 6.27. The Labute approximate surface area is 160 Å². The van der Waals surface area contributed by atoms with Crippen molar-refractivity contribution in [1.82, 2.24) is 25.4 Å². The lowest BCUT2D eigenvalue weighted by Gasteiger charge is -2.11. The third kappa shape index (κ3) is 4.73. The molecule has 6 nitrogen and oxygen atoms in total. The highest BCUT2D eigenvalue weighted by Gasteiger charge is 2.12. The van der Waals surface area contributed by atoms with Crippen LogP contribution < -0.4 is 10.6 Å². The highest BCUT2D eigenvalue weighted by atomic mass is 15.3. The Morgan fingerprint density at radius 1 is 1.04 bits per heavy atom. The largest absolute Gasteiger partial charge is 0.357 e. The van der Waals surface area contributed by atoms with Gasteiger partial charge in [0.2, 0.25) is 0 Å². The first-order valence-corrected chi connectivity index (χ1v) is 9.21. The monoisotopic (exact) mass is 362 g/mol. The molecule has 3 rings (SSSR count). The Hall–Kier alpha value is -3.15. The summed E-state index contributed by atoms with van der Waals surface area (Å²) in [6.07, 6.45) is 1.80. The van der Waals surface area contributed by atoms with Crippen LogP contribution in [0.3, 0.4) is 0 Å².